The molecule has 0 saturated carbocycles. The maximum absolute atomic E-state index is 11.3. The van der Waals surface area contributed by atoms with E-state index >= 15 is 0 Å². The van der Waals surface area contributed by atoms with Crippen LogP contribution in [0.15, 0.2) is 84.2 Å². The molecule has 0 aliphatic heterocycles. The van der Waals surface area contributed by atoms with E-state index in [1.807, 2.05) is 62.4 Å². The Morgan fingerprint density at radius 2 is 1.00 bits per heavy atom. The summed E-state index contributed by atoms with van der Waals surface area (Å²) >= 11 is 0. The molecule has 0 radical (unpaired) electrons. The Morgan fingerprint density at radius 1 is 0.679 bits per heavy atom. The molecule has 0 heterocycles. The van der Waals surface area contributed by atoms with Gasteiger partial charge in [-0.1, -0.05) is 84.0 Å². The van der Waals surface area contributed by atoms with Gasteiger partial charge in [0.1, 0.15) is 0 Å². The zero-order valence-corrected chi connectivity index (χ0v) is 15.6. The van der Waals surface area contributed by atoms with Crippen LogP contribution in [-0.4, -0.2) is 9.85 Å². The molecule has 2 aromatic carbocycles. The first kappa shape index (κ1) is 20.5. The molecule has 0 aliphatic carbocycles. The van der Waals surface area contributed by atoms with Crippen LogP contribution in [0.5, 0.6) is 0 Å². The van der Waals surface area contributed by atoms with Gasteiger partial charge in [-0.3, -0.25) is 20.2 Å². The fraction of sp³-hybridized carbons (Fsp3) is 0.0909. The molecule has 0 N–H and O–H groups in total. The average molecular weight is 376 g/mol. The Morgan fingerprint density at radius 3 is 1.29 bits per heavy atom. The van der Waals surface area contributed by atoms with E-state index in [0.29, 0.717) is 0 Å². The Kier molecular flexibility index (Phi) is 7.16. The molecule has 0 amide bonds. The predicted octanol–water partition coefficient (Wildman–Crippen LogP) is 5.35. The van der Waals surface area contributed by atoms with E-state index in [0.717, 1.165) is 34.4 Å². The van der Waals surface area contributed by atoms with Crippen molar-refractivity contribution in [3.05, 3.63) is 127 Å². The Bertz CT molecular complexity index is 885. The minimum Gasteiger partial charge on any atom is -0.258 e. The van der Waals surface area contributed by atoms with Gasteiger partial charge in [-0.05, 0) is 25.0 Å². The summed E-state index contributed by atoms with van der Waals surface area (Å²) < 4.78 is 0. The van der Waals surface area contributed by atoms with Gasteiger partial charge in [-0.2, -0.15) is 0 Å². The van der Waals surface area contributed by atoms with Crippen molar-refractivity contribution in [2.45, 2.75) is 13.8 Å². The highest BCUT2D eigenvalue weighted by atomic mass is 16.6. The zero-order chi connectivity index (χ0) is 20.5. The van der Waals surface area contributed by atoms with E-state index in [1.165, 1.54) is 12.2 Å². The van der Waals surface area contributed by atoms with Gasteiger partial charge < -0.3 is 0 Å². The summed E-state index contributed by atoms with van der Waals surface area (Å²) in [5.74, 6) is 0. The lowest BCUT2D eigenvalue weighted by atomic mass is 10.1. The number of benzene rings is 2. The molecule has 2 rings (SSSR count). The molecule has 0 saturated heterocycles. The molecular weight excluding hydrogens is 356 g/mol. The zero-order valence-electron chi connectivity index (χ0n) is 15.6. The molecule has 28 heavy (non-hydrogen) atoms. The Labute approximate surface area is 163 Å². The number of hydrogen-bond acceptors (Lipinski definition) is 4. The summed E-state index contributed by atoms with van der Waals surface area (Å²) in [7, 11) is 0. The summed E-state index contributed by atoms with van der Waals surface area (Å²) in [6, 6.07) is 15.1. The molecule has 0 fully saturated rings. The SMILES string of the molecule is Cc1ccc(/C=C/C=C(\C(=C/C=C/c2ccc(C)cc2)[N+](=O)[O-])[N+](=O)[O-])cc1. The third-order valence-electron chi connectivity index (χ3n) is 3.90. The highest BCUT2D eigenvalue weighted by Gasteiger charge is 2.27. The van der Waals surface area contributed by atoms with Gasteiger partial charge in [0.15, 0.2) is 0 Å². The molecule has 6 heteroatoms. The van der Waals surface area contributed by atoms with Crippen LogP contribution in [0.2, 0.25) is 0 Å². The summed E-state index contributed by atoms with van der Waals surface area (Å²) in [6.45, 7) is 3.91. The molecule has 0 bridgehead atoms. The highest BCUT2D eigenvalue weighted by Crippen LogP contribution is 2.14. The topological polar surface area (TPSA) is 86.3 Å². The number of allylic oxidation sites excluding steroid dienone is 4. The Hall–Kier alpha value is -3.80. The van der Waals surface area contributed by atoms with Crippen molar-refractivity contribution in [3.63, 3.8) is 0 Å². The molecule has 0 aromatic heterocycles. The first-order valence-corrected chi connectivity index (χ1v) is 8.56. The smallest absolute Gasteiger partial charge is 0.258 e. The van der Waals surface area contributed by atoms with Crippen molar-refractivity contribution < 1.29 is 9.85 Å². The second kappa shape index (κ2) is 9.78. The van der Waals surface area contributed by atoms with E-state index in [1.54, 1.807) is 12.2 Å². The number of nitro groups is 2. The highest BCUT2D eigenvalue weighted by molar-refractivity contribution is 5.53. The lowest BCUT2D eigenvalue weighted by Gasteiger charge is -1.96. The molecular formula is C22H20N2O4. The minimum absolute atomic E-state index is 0.582. The van der Waals surface area contributed by atoms with Crippen molar-refractivity contribution >= 4 is 12.2 Å². The van der Waals surface area contributed by atoms with Crippen LogP contribution in [0.4, 0.5) is 0 Å². The normalized spacial score (nSPS) is 12.6. The lowest BCUT2D eigenvalue weighted by molar-refractivity contribution is -0.479. The molecule has 142 valence electrons. The molecule has 6 nitrogen and oxygen atoms in total. The average Bonchev–Trinajstić information content (AvgIpc) is 2.65. The van der Waals surface area contributed by atoms with Crippen molar-refractivity contribution in [2.24, 2.45) is 0 Å². The first-order chi connectivity index (χ1) is 13.4. The number of nitrogens with zero attached hydrogens (tertiary/aromatic N) is 2. The van der Waals surface area contributed by atoms with Crippen LogP contribution in [-0.2, 0) is 0 Å². The molecule has 0 atom stereocenters. The quantitative estimate of drug-likeness (QED) is 0.370. The van der Waals surface area contributed by atoms with E-state index in [-0.39, 0.29) is 0 Å². The van der Waals surface area contributed by atoms with Crippen molar-refractivity contribution in [3.8, 4) is 0 Å². The van der Waals surface area contributed by atoms with Gasteiger partial charge in [0.2, 0.25) is 0 Å². The maximum Gasteiger partial charge on any atom is 0.346 e. The summed E-state index contributed by atoms with van der Waals surface area (Å²) in [5, 5.41) is 22.7. The number of hydrogen-bond donors (Lipinski definition) is 0. The van der Waals surface area contributed by atoms with Crippen molar-refractivity contribution in [1.82, 2.24) is 0 Å². The van der Waals surface area contributed by atoms with Gasteiger partial charge in [-0.25, -0.2) is 0 Å². The Balaban J connectivity index is 2.27. The standard InChI is InChI=1S/C22H20N2O4/c1-17-9-13-19(14-10-17)5-3-7-21(23(25)26)22(24(27)28)8-4-6-20-15-11-18(2)12-16-20/h3-16H,1-2H3/b5-3+,6-4+,21-7+,22-8+. The predicted molar refractivity (Wildman–Crippen MR) is 111 cm³/mol. The second-order valence-electron chi connectivity index (χ2n) is 6.16. The summed E-state index contributed by atoms with van der Waals surface area (Å²) in [4.78, 5) is 21.2. The third kappa shape index (κ3) is 6.17. The molecule has 0 spiro atoms. The van der Waals surface area contributed by atoms with E-state index in [9.17, 15) is 20.2 Å². The van der Waals surface area contributed by atoms with Crippen LogP contribution < -0.4 is 0 Å². The van der Waals surface area contributed by atoms with E-state index in [4.69, 9.17) is 0 Å². The lowest BCUT2D eigenvalue weighted by Crippen LogP contribution is -2.09. The number of aryl methyl sites for hydroxylation is 2. The van der Waals surface area contributed by atoms with Gasteiger partial charge in [0, 0.05) is 12.2 Å². The van der Waals surface area contributed by atoms with Crippen LogP contribution in [0.1, 0.15) is 22.3 Å². The van der Waals surface area contributed by atoms with Crippen molar-refractivity contribution in [1.29, 1.82) is 0 Å². The van der Waals surface area contributed by atoms with Gasteiger partial charge in [0.05, 0.1) is 9.85 Å². The second-order valence-corrected chi connectivity index (χ2v) is 6.16. The van der Waals surface area contributed by atoms with E-state index < -0.39 is 21.2 Å². The first-order valence-electron chi connectivity index (χ1n) is 8.56. The van der Waals surface area contributed by atoms with Crippen LogP contribution >= 0.6 is 0 Å². The minimum atomic E-state index is -0.756. The van der Waals surface area contributed by atoms with E-state index in [2.05, 4.69) is 0 Å². The van der Waals surface area contributed by atoms with Gasteiger partial charge in [0.25, 0.3) is 0 Å². The van der Waals surface area contributed by atoms with Crippen LogP contribution in [0.25, 0.3) is 12.2 Å². The third-order valence-corrected chi connectivity index (χ3v) is 3.90. The summed E-state index contributed by atoms with van der Waals surface area (Å²) in [6.07, 6.45) is 8.45. The van der Waals surface area contributed by atoms with Crippen LogP contribution in [0.3, 0.4) is 0 Å². The fourth-order valence-electron chi connectivity index (χ4n) is 2.34. The summed E-state index contributed by atoms with van der Waals surface area (Å²) in [5.41, 5.74) is 2.71. The van der Waals surface area contributed by atoms with Crippen molar-refractivity contribution in [2.75, 3.05) is 0 Å². The largest absolute Gasteiger partial charge is 0.346 e. The molecule has 2 aromatic rings. The number of rotatable bonds is 7. The van der Waals surface area contributed by atoms with Gasteiger partial charge in [-0.15, -0.1) is 0 Å². The fourth-order valence-corrected chi connectivity index (χ4v) is 2.34. The molecule has 0 aliphatic rings. The van der Waals surface area contributed by atoms with Gasteiger partial charge >= 0.3 is 11.4 Å². The monoisotopic (exact) mass is 376 g/mol. The molecule has 0 unspecified atom stereocenters. The maximum atomic E-state index is 11.3. The van der Waals surface area contributed by atoms with Crippen LogP contribution in [0, 0.1) is 34.1 Å².